The fraction of sp³-hybridized carbons (Fsp3) is 0.936. The molecular weight excluding hydrogens is 868 g/mol. The summed E-state index contributed by atoms with van der Waals surface area (Å²) in [6, 6.07) is 0. The molecule has 9 rings (SSSR count). The van der Waals surface area contributed by atoms with E-state index in [-0.39, 0.29) is 61.1 Å². The van der Waals surface area contributed by atoms with Gasteiger partial charge in [0, 0.05) is 30.8 Å². The fourth-order valence-electron chi connectivity index (χ4n) is 14.3. The number of cyclic esters (lactones) is 1. The van der Waals surface area contributed by atoms with Crippen LogP contribution in [0.2, 0.25) is 0 Å². The standard InChI is InChI=1S/C47H74O19/c1-20-41(64-36-16-30(50)42(21(2)60-36)65-37-17-31(51)43(22(3)61-37)66-44-40(56)39(55)38(54)32(18-48)63-44)29(49)15-35(59-20)62-25-8-10-45(4)24(13-25)6-7-27-28(45)14-33(52)46(5)26(9-11-47(27,46)57)23-12-34(53)58-19-23/h12,20-22,24-33,35-44,48-52,54-57H,6-11,13-19H2,1-5H3/t20-,21-,22-,24?,25+,26-,27?,28+,29+,30+,31+,32-,33-,35?,36+,37+,38-,39+,40-,41-,42-,43-,44+,45+,46+,47+/m1/s1. The first-order valence-electron chi connectivity index (χ1n) is 24.5. The van der Waals surface area contributed by atoms with Crippen molar-refractivity contribution >= 4 is 5.97 Å². The Hall–Kier alpha value is -1.47. The molecule has 376 valence electrons. The summed E-state index contributed by atoms with van der Waals surface area (Å²) >= 11 is 0. The van der Waals surface area contributed by atoms with Gasteiger partial charge in [-0.1, -0.05) is 13.8 Å². The Bertz CT molecular complexity index is 1720. The average molecular weight is 943 g/mol. The van der Waals surface area contributed by atoms with Crippen LogP contribution in [0.4, 0.5) is 0 Å². The van der Waals surface area contributed by atoms with Gasteiger partial charge >= 0.3 is 5.97 Å². The van der Waals surface area contributed by atoms with E-state index < -0.39 is 128 Å². The minimum absolute atomic E-state index is 0.0188. The van der Waals surface area contributed by atoms with Gasteiger partial charge in [0.05, 0.1) is 61.0 Å². The molecule has 0 radical (unpaired) electrons. The van der Waals surface area contributed by atoms with Gasteiger partial charge in [0.2, 0.25) is 0 Å². The molecule has 0 amide bonds. The average Bonchev–Trinajstić information content (AvgIpc) is 3.82. The van der Waals surface area contributed by atoms with Crippen molar-refractivity contribution < 1.29 is 93.4 Å². The Morgan fingerprint density at radius 3 is 1.77 bits per heavy atom. The molecule has 0 aromatic carbocycles. The monoisotopic (exact) mass is 942 g/mol. The summed E-state index contributed by atoms with van der Waals surface area (Å²) in [6.45, 7) is 9.11. The third-order valence-electron chi connectivity index (χ3n) is 18.1. The summed E-state index contributed by atoms with van der Waals surface area (Å²) in [6.07, 6.45) is -10.8. The number of carbonyl (C=O) groups excluding carboxylic acids is 1. The van der Waals surface area contributed by atoms with Gasteiger partial charge in [0.15, 0.2) is 25.2 Å². The van der Waals surface area contributed by atoms with E-state index in [0.29, 0.717) is 18.8 Å². The maximum absolute atomic E-state index is 12.6. The number of hydrogen-bond donors (Lipinski definition) is 9. The van der Waals surface area contributed by atoms with Gasteiger partial charge in [-0.3, -0.25) is 0 Å². The van der Waals surface area contributed by atoms with Crippen molar-refractivity contribution in [2.24, 2.45) is 34.5 Å². The minimum Gasteiger partial charge on any atom is -0.458 e. The number of fused-ring (bicyclic) bond motifs is 5. The molecule has 4 saturated carbocycles. The van der Waals surface area contributed by atoms with Gasteiger partial charge in [-0.15, -0.1) is 0 Å². The van der Waals surface area contributed by atoms with E-state index in [1.807, 2.05) is 13.8 Å². The summed E-state index contributed by atoms with van der Waals surface area (Å²) in [5, 5.41) is 98.4. The molecule has 26 atom stereocenters. The largest absolute Gasteiger partial charge is 0.458 e. The van der Waals surface area contributed by atoms with Crippen LogP contribution in [0.1, 0.15) is 105 Å². The smallest absolute Gasteiger partial charge is 0.331 e. The third-order valence-corrected chi connectivity index (χ3v) is 18.1. The van der Waals surface area contributed by atoms with Crippen molar-refractivity contribution in [1.29, 1.82) is 0 Å². The van der Waals surface area contributed by atoms with Gasteiger partial charge < -0.3 is 88.6 Å². The molecule has 19 nitrogen and oxygen atoms in total. The molecule has 5 heterocycles. The van der Waals surface area contributed by atoms with Gasteiger partial charge in [0.25, 0.3) is 0 Å². The molecule has 4 aliphatic carbocycles. The number of aliphatic hydroxyl groups is 9. The molecule has 0 aromatic rings. The number of ether oxygens (including phenoxy) is 9. The Morgan fingerprint density at radius 2 is 1.23 bits per heavy atom. The fourth-order valence-corrected chi connectivity index (χ4v) is 14.3. The predicted octanol–water partition coefficient (Wildman–Crippen LogP) is 0.0423. The topological polar surface area (TPSA) is 282 Å². The second-order valence-corrected chi connectivity index (χ2v) is 21.6. The molecule has 5 aliphatic heterocycles. The van der Waals surface area contributed by atoms with E-state index in [0.717, 1.165) is 44.1 Å². The highest BCUT2D eigenvalue weighted by molar-refractivity contribution is 5.85. The van der Waals surface area contributed by atoms with E-state index in [4.69, 9.17) is 42.6 Å². The minimum atomic E-state index is -1.65. The Morgan fingerprint density at radius 1 is 0.652 bits per heavy atom. The van der Waals surface area contributed by atoms with Crippen LogP contribution < -0.4 is 0 Å². The second-order valence-electron chi connectivity index (χ2n) is 21.6. The Balaban J connectivity index is 0.737. The first kappa shape index (κ1) is 49.5. The van der Waals surface area contributed by atoms with Crippen molar-refractivity contribution in [2.75, 3.05) is 13.2 Å². The maximum Gasteiger partial charge on any atom is 0.331 e. The number of aliphatic hydroxyl groups excluding tert-OH is 8. The number of esters is 1. The molecule has 8 fully saturated rings. The SMILES string of the molecule is C[C@H]1OC(O[C@H]2CC[C@@]3(C)C(CCC4[C@@H]3C[C@@H](O)[C@]3(C)[C@@H](C5=CC(=O)OC5)CC[C@]43O)C2)C[C@H](O)[C@@H]1O[C@H]1C[C@H](O)[C@H](O[C@H]2C[C@H](O)[C@H](O[C@@H]3O[C@H](CO)[C@@H](O)[C@H](O)[C@H]3O)[C@@H](C)O2)[C@@H](C)O1. The molecular formula is C47H74O19. The van der Waals surface area contributed by atoms with Crippen LogP contribution in [-0.4, -0.2) is 187 Å². The summed E-state index contributed by atoms with van der Waals surface area (Å²) in [5.74, 6) is 0.0825. The van der Waals surface area contributed by atoms with Crippen molar-refractivity contribution in [2.45, 2.75) is 228 Å². The normalized spacial score (nSPS) is 55.3. The molecule has 0 spiro atoms. The van der Waals surface area contributed by atoms with Crippen LogP contribution in [0.5, 0.6) is 0 Å². The van der Waals surface area contributed by atoms with Crippen LogP contribution in [0.3, 0.4) is 0 Å². The molecule has 9 N–H and O–H groups in total. The lowest BCUT2D eigenvalue weighted by atomic mass is 9.42. The highest BCUT2D eigenvalue weighted by Crippen LogP contribution is 2.70. The predicted molar refractivity (Wildman–Crippen MR) is 225 cm³/mol. The maximum atomic E-state index is 12.6. The Labute approximate surface area is 385 Å². The lowest BCUT2D eigenvalue weighted by Gasteiger charge is -2.65. The van der Waals surface area contributed by atoms with Gasteiger partial charge in [-0.25, -0.2) is 4.79 Å². The zero-order chi connectivity index (χ0) is 47.2. The molecule has 9 aliphatic rings. The van der Waals surface area contributed by atoms with E-state index in [2.05, 4.69) is 6.92 Å². The van der Waals surface area contributed by atoms with Gasteiger partial charge in [-0.2, -0.15) is 0 Å². The van der Waals surface area contributed by atoms with Crippen molar-refractivity contribution in [3.8, 4) is 0 Å². The zero-order valence-corrected chi connectivity index (χ0v) is 38.7. The van der Waals surface area contributed by atoms with Crippen molar-refractivity contribution in [3.63, 3.8) is 0 Å². The zero-order valence-electron chi connectivity index (χ0n) is 38.7. The lowest BCUT2D eigenvalue weighted by Crippen LogP contribution is -2.67. The third kappa shape index (κ3) is 8.64. The molecule has 3 unspecified atom stereocenters. The quantitative estimate of drug-likeness (QED) is 0.103. The van der Waals surface area contributed by atoms with Gasteiger partial charge in [0.1, 0.15) is 49.3 Å². The second kappa shape index (κ2) is 18.9. The van der Waals surface area contributed by atoms with E-state index in [9.17, 15) is 50.8 Å². The summed E-state index contributed by atoms with van der Waals surface area (Å²) in [5.41, 5.74) is -0.989. The summed E-state index contributed by atoms with van der Waals surface area (Å²) in [7, 11) is 0. The molecule has 0 bridgehead atoms. The number of rotatable bonds is 10. The van der Waals surface area contributed by atoms with Crippen LogP contribution in [0.25, 0.3) is 0 Å². The van der Waals surface area contributed by atoms with E-state index in [1.165, 1.54) is 0 Å². The highest BCUT2D eigenvalue weighted by Gasteiger charge is 2.71. The molecule has 19 heteroatoms. The Kier molecular flexibility index (Phi) is 14.2. The first-order chi connectivity index (χ1) is 31.2. The molecule has 66 heavy (non-hydrogen) atoms. The lowest BCUT2D eigenvalue weighted by molar-refractivity contribution is -0.355. The highest BCUT2D eigenvalue weighted by atomic mass is 16.8. The first-order valence-corrected chi connectivity index (χ1v) is 24.5. The number of carbonyl (C=O) groups is 1. The van der Waals surface area contributed by atoms with Crippen LogP contribution in [-0.2, 0) is 47.4 Å². The van der Waals surface area contributed by atoms with Crippen LogP contribution >= 0.6 is 0 Å². The summed E-state index contributed by atoms with van der Waals surface area (Å²) in [4.78, 5) is 12.0. The van der Waals surface area contributed by atoms with Crippen LogP contribution in [0.15, 0.2) is 11.6 Å². The number of hydrogen-bond acceptors (Lipinski definition) is 19. The van der Waals surface area contributed by atoms with Crippen LogP contribution in [0, 0.1) is 34.5 Å². The van der Waals surface area contributed by atoms with Crippen molar-refractivity contribution in [3.05, 3.63) is 11.6 Å². The molecule has 4 saturated heterocycles. The van der Waals surface area contributed by atoms with E-state index >= 15 is 0 Å². The van der Waals surface area contributed by atoms with Crippen molar-refractivity contribution in [1.82, 2.24) is 0 Å². The van der Waals surface area contributed by atoms with E-state index in [1.54, 1.807) is 19.9 Å². The summed E-state index contributed by atoms with van der Waals surface area (Å²) < 4.78 is 53.9. The van der Waals surface area contributed by atoms with Gasteiger partial charge in [-0.05, 0) is 107 Å². The molecule has 0 aromatic heterocycles.